The molecule has 0 aromatic heterocycles. The smallest absolute Gasteiger partial charge is 0.242 e. The molecule has 23 heavy (non-hydrogen) atoms. The Morgan fingerprint density at radius 3 is 2.48 bits per heavy atom. The molecule has 0 aliphatic carbocycles. The Labute approximate surface area is 137 Å². The lowest BCUT2D eigenvalue weighted by molar-refractivity contribution is -0.140. The van der Waals surface area contributed by atoms with Gasteiger partial charge in [0, 0.05) is 26.1 Å². The predicted octanol–water partition coefficient (Wildman–Crippen LogP) is 1.65. The molecular weight excluding hydrogens is 292 g/mol. The lowest BCUT2D eigenvalue weighted by Gasteiger charge is -2.25. The SMILES string of the molecule is CC(C)(C)CC(=O)N1CC(=O)N(Cc2ccccc2)CC(O)C1. The highest BCUT2D eigenvalue weighted by Crippen LogP contribution is 2.21. The molecule has 1 unspecified atom stereocenters. The van der Waals surface area contributed by atoms with E-state index in [0.717, 1.165) is 5.56 Å². The van der Waals surface area contributed by atoms with Crippen LogP contribution in [-0.4, -0.2) is 52.5 Å². The first-order valence-corrected chi connectivity index (χ1v) is 8.02. The molecule has 1 aromatic rings. The van der Waals surface area contributed by atoms with Crippen LogP contribution in [0.5, 0.6) is 0 Å². The van der Waals surface area contributed by atoms with Crippen molar-refractivity contribution in [1.29, 1.82) is 0 Å². The third kappa shape index (κ3) is 5.36. The molecule has 2 amide bonds. The van der Waals surface area contributed by atoms with E-state index in [1.165, 1.54) is 4.90 Å². The first-order valence-electron chi connectivity index (χ1n) is 8.02. The lowest BCUT2D eigenvalue weighted by Crippen LogP contribution is -2.40. The Bertz CT molecular complexity index is 551. The van der Waals surface area contributed by atoms with Gasteiger partial charge in [0.25, 0.3) is 0 Å². The van der Waals surface area contributed by atoms with E-state index in [1.54, 1.807) is 4.90 Å². The fourth-order valence-corrected chi connectivity index (χ4v) is 2.71. The topological polar surface area (TPSA) is 60.9 Å². The molecule has 0 spiro atoms. The fraction of sp³-hybridized carbons (Fsp3) is 0.556. The Kier molecular flexibility index (Phi) is 5.42. The second kappa shape index (κ2) is 7.13. The van der Waals surface area contributed by atoms with Crippen LogP contribution in [0.4, 0.5) is 0 Å². The molecule has 0 bridgehead atoms. The second-order valence-electron chi connectivity index (χ2n) is 7.43. The second-order valence-corrected chi connectivity index (χ2v) is 7.43. The van der Waals surface area contributed by atoms with Crippen molar-refractivity contribution in [3.63, 3.8) is 0 Å². The van der Waals surface area contributed by atoms with Gasteiger partial charge in [-0.05, 0) is 11.0 Å². The molecule has 2 rings (SSSR count). The monoisotopic (exact) mass is 318 g/mol. The van der Waals surface area contributed by atoms with Crippen molar-refractivity contribution >= 4 is 11.8 Å². The van der Waals surface area contributed by atoms with E-state index in [0.29, 0.717) is 13.0 Å². The van der Waals surface area contributed by atoms with Crippen LogP contribution in [0.3, 0.4) is 0 Å². The number of carbonyl (C=O) groups is 2. The molecule has 1 fully saturated rings. The van der Waals surface area contributed by atoms with Gasteiger partial charge in [0.2, 0.25) is 11.8 Å². The quantitative estimate of drug-likeness (QED) is 0.922. The molecular formula is C18H26N2O3. The summed E-state index contributed by atoms with van der Waals surface area (Å²) in [5.74, 6) is -0.195. The molecule has 1 aromatic carbocycles. The van der Waals surface area contributed by atoms with Crippen molar-refractivity contribution in [2.45, 2.75) is 39.8 Å². The Balaban J connectivity index is 2.05. The Hall–Kier alpha value is -1.88. The van der Waals surface area contributed by atoms with Crippen molar-refractivity contribution < 1.29 is 14.7 Å². The summed E-state index contributed by atoms with van der Waals surface area (Å²) < 4.78 is 0. The van der Waals surface area contributed by atoms with Gasteiger partial charge in [-0.3, -0.25) is 9.59 Å². The number of hydrogen-bond acceptors (Lipinski definition) is 3. The highest BCUT2D eigenvalue weighted by atomic mass is 16.3. The summed E-state index contributed by atoms with van der Waals surface area (Å²) in [6.07, 6.45) is -0.347. The van der Waals surface area contributed by atoms with Crippen molar-refractivity contribution in [3.8, 4) is 0 Å². The van der Waals surface area contributed by atoms with Gasteiger partial charge in [0.05, 0.1) is 12.6 Å². The van der Waals surface area contributed by atoms with Crippen LogP contribution in [0.15, 0.2) is 30.3 Å². The van der Waals surface area contributed by atoms with Crippen molar-refractivity contribution in [1.82, 2.24) is 9.80 Å². The van der Waals surface area contributed by atoms with Gasteiger partial charge in [0.15, 0.2) is 0 Å². The molecule has 5 heteroatoms. The summed E-state index contributed by atoms with van der Waals surface area (Å²) in [7, 11) is 0. The third-order valence-corrected chi connectivity index (χ3v) is 3.79. The minimum atomic E-state index is -0.714. The summed E-state index contributed by atoms with van der Waals surface area (Å²) >= 11 is 0. The molecule has 1 aliphatic rings. The lowest BCUT2D eigenvalue weighted by atomic mass is 9.91. The number of nitrogens with zero attached hydrogens (tertiary/aromatic N) is 2. The van der Waals surface area contributed by atoms with Gasteiger partial charge in [-0.2, -0.15) is 0 Å². The number of carbonyl (C=O) groups excluding carboxylic acids is 2. The molecule has 0 radical (unpaired) electrons. The van der Waals surface area contributed by atoms with Gasteiger partial charge >= 0.3 is 0 Å². The van der Waals surface area contributed by atoms with Crippen LogP contribution in [0.1, 0.15) is 32.8 Å². The van der Waals surface area contributed by atoms with E-state index < -0.39 is 6.10 Å². The summed E-state index contributed by atoms with van der Waals surface area (Å²) in [4.78, 5) is 28.0. The van der Waals surface area contributed by atoms with Gasteiger partial charge in [-0.15, -0.1) is 0 Å². The van der Waals surface area contributed by atoms with Crippen LogP contribution >= 0.6 is 0 Å². The Morgan fingerprint density at radius 2 is 1.87 bits per heavy atom. The molecule has 5 nitrogen and oxygen atoms in total. The third-order valence-electron chi connectivity index (χ3n) is 3.79. The first-order chi connectivity index (χ1) is 10.7. The minimum Gasteiger partial charge on any atom is -0.389 e. The number of aliphatic hydroxyl groups is 1. The normalized spacial score (nSPS) is 19.7. The number of amides is 2. The zero-order valence-electron chi connectivity index (χ0n) is 14.2. The maximum absolute atomic E-state index is 12.5. The van der Waals surface area contributed by atoms with Gasteiger partial charge in [-0.1, -0.05) is 51.1 Å². The van der Waals surface area contributed by atoms with Gasteiger partial charge in [-0.25, -0.2) is 0 Å². The van der Waals surface area contributed by atoms with Crippen molar-refractivity contribution in [2.75, 3.05) is 19.6 Å². The van der Waals surface area contributed by atoms with Crippen LogP contribution in [0.2, 0.25) is 0 Å². The van der Waals surface area contributed by atoms with E-state index in [9.17, 15) is 14.7 Å². The molecule has 1 N–H and O–H groups in total. The Morgan fingerprint density at radius 1 is 1.22 bits per heavy atom. The number of rotatable bonds is 3. The summed E-state index contributed by atoms with van der Waals surface area (Å²) in [6, 6.07) is 9.68. The van der Waals surface area contributed by atoms with Crippen LogP contribution in [-0.2, 0) is 16.1 Å². The average molecular weight is 318 g/mol. The first kappa shape index (κ1) is 17.5. The van der Waals surface area contributed by atoms with Crippen LogP contribution in [0.25, 0.3) is 0 Å². The maximum atomic E-state index is 12.5. The zero-order chi connectivity index (χ0) is 17.0. The largest absolute Gasteiger partial charge is 0.389 e. The number of aliphatic hydroxyl groups excluding tert-OH is 1. The van der Waals surface area contributed by atoms with Gasteiger partial charge < -0.3 is 14.9 Å². The minimum absolute atomic E-state index is 0.0405. The average Bonchev–Trinajstić information content (AvgIpc) is 2.58. The highest BCUT2D eigenvalue weighted by Gasteiger charge is 2.30. The predicted molar refractivity (Wildman–Crippen MR) is 88.5 cm³/mol. The highest BCUT2D eigenvalue weighted by molar-refractivity contribution is 5.85. The zero-order valence-corrected chi connectivity index (χ0v) is 14.2. The summed E-state index contributed by atoms with van der Waals surface area (Å²) in [5.41, 5.74) is 0.878. The summed E-state index contributed by atoms with van der Waals surface area (Å²) in [6.45, 7) is 6.93. The van der Waals surface area contributed by atoms with Gasteiger partial charge in [0.1, 0.15) is 0 Å². The van der Waals surface area contributed by atoms with Crippen molar-refractivity contribution in [3.05, 3.63) is 35.9 Å². The number of β-amino-alcohol motifs (C(OH)–C–C–N with tert-alkyl or cyclic N) is 1. The van der Waals surface area contributed by atoms with E-state index in [2.05, 4.69) is 0 Å². The molecule has 1 aliphatic heterocycles. The van der Waals surface area contributed by atoms with Crippen LogP contribution in [0, 0.1) is 5.41 Å². The molecule has 1 saturated heterocycles. The maximum Gasteiger partial charge on any atom is 0.242 e. The number of benzene rings is 1. The van der Waals surface area contributed by atoms with E-state index >= 15 is 0 Å². The van der Waals surface area contributed by atoms with Crippen molar-refractivity contribution in [2.24, 2.45) is 5.41 Å². The molecule has 1 atom stereocenters. The number of hydrogen-bond donors (Lipinski definition) is 1. The molecule has 0 saturated carbocycles. The van der Waals surface area contributed by atoms with Crippen LogP contribution < -0.4 is 0 Å². The van der Waals surface area contributed by atoms with E-state index in [4.69, 9.17) is 0 Å². The molecule has 126 valence electrons. The molecule has 1 heterocycles. The fourth-order valence-electron chi connectivity index (χ4n) is 2.71. The standard InChI is InChI=1S/C18H26N2O3/c1-18(2,3)9-16(22)20-12-15(21)11-19(17(23)13-20)10-14-7-5-4-6-8-14/h4-8,15,21H,9-13H2,1-3H3. The van der Waals surface area contributed by atoms with E-state index in [-0.39, 0.29) is 36.9 Å². The summed E-state index contributed by atoms with van der Waals surface area (Å²) in [5, 5.41) is 10.2. The van der Waals surface area contributed by atoms with E-state index in [1.807, 2.05) is 51.1 Å².